The fourth-order valence-corrected chi connectivity index (χ4v) is 5.44. The van der Waals surface area contributed by atoms with Crippen molar-refractivity contribution in [1.82, 2.24) is 9.80 Å². The smallest absolute Gasteiger partial charge is 0.266 e. The average molecular weight is 496 g/mol. The first-order valence-electron chi connectivity index (χ1n) is 12.9. The van der Waals surface area contributed by atoms with E-state index in [1.54, 1.807) is 4.90 Å². The number of likely N-dealkylation sites (tertiary alicyclic amines) is 1. The molecule has 3 aromatic rings. The van der Waals surface area contributed by atoms with Crippen molar-refractivity contribution in [2.75, 3.05) is 19.6 Å². The minimum Gasteiger partial charge on any atom is -0.369 e. The zero-order valence-corrected chi connectivity index (χ0v) is 20.9. The van der Waals surface area contributed by atoms with Crippen LogP contribution in [0.25, 0.3) is 0 Å². The topological polar surface area (TPSA) is 105 Å². The summed E-state index contributed by atoms with van der Waals surface area (Å²) in [4.78, 5) is 35.2. The van der Waals surface area contributed by atoms with Crippen LogP contribution in [0, 0.1) is 5.92 Å². The van der Waals surface area contributed by atoms with Gasteiger partial charge in [0.05, 0.1) is 6.04 Å². The number of nitrogens with zero attached hydrogens (tertiary/aromatic N) is 3. The molecule has 7 heteroatoms. The van der Waals surface area contributed by atoms with E-state index >= 15 is 0 Å². The van der Waals surface area contributed by atoms with Crippen LogP contribution < -0.4 is 11.5 Å². The Bertz CT molecular complexity index is 1220. The molecular formula is C30H33N5O2. The lowest BCUT2D eigenvalue weighted by Gasteiger charge is -2.35. The molecule has 1 atom stereocenters. The van der Waals surface area contributed by atoms with Gasteiger partial charge in [0.25, 0.3) is 5.91 Å². The van der Waals surface area contributed by atoms with E-state index in [9.17, 15) is 9.59 Å². The molecule has 2 heterocycles. The third-order valence-corrected chi connectivity index (χ3v) is 7.48. The zero-order valence-electron chi connectivity index (χ0n) is 20.9. The molecule has 0 spiro atoms. The van der Waals surface area contributed by atoms with E-state index in [-0.39, 0.29) is 23.7 Å². The normalized spacial score (nSPS) is 18.5. The van der Waals surface area contributed by atoms with E-state index in [0.29, 0.717) is 26.1 Å². The number of nitrogens with two attached hydrogens (primary N) is 2. The quantitative estimate of drug-likeness (QED) is 0.526. The maximum Gasteiger partial charge on any atom is 0.266 e. The molecule has 4 N–H and O–H groups in total. The Morgan fingerprint density at radius 3 is 1.95 bits per heavy atom. The van der Waals surface area contributed by atoms with Crippen LogP contribution in [-0.2, 0) is 21.5 Å². The summed E-state index contributed by atoms with van der Waals surface area (Å²) in [6, 6.07) is 28.5. The van der Waals surface area contributed by atoms with Crippen molar-refractivity contribution in [3.05, 3.63) is 108 Å². The van der Waals surface area contributed by atoms with E-state index in [1.165, 1.54) is 0 Å². The molecule has 0 radical (unpaired) electrons. The number of rotatable bonds is 7. The van der Waals surface area contributed by atoms with Gasteiger partial charge in [0, 0.05) is 19.6 Å². The van der Waals surface area contributed by atoms with Crippen LogP contribution >= 0.6 is 0 Å². The first kappa shape index (κ1) is 24.7. The Morgan fingerprint density at radius 1 is 0.892 bits per heavy atom. The maximum atomic E-state index is 14.0. The van der Waals surface area contributed by atoms with Gasteiger partial charge in [0.2, 0.25) is 5.91 Å². The Morgan fingerprint density at radius 2 is 1.41 bits per heavy atom. The van der Waals surface area contributed by atoms with E-state index in [0.717, 1.165) is 29.5 Å². The molecule has 2 amide bonds. The molecule has 37 heavy (non-hydrogen) atoms. The highest BCUT2D eigenvalue weighted by molar-refractivity contribution is 6.09. The molecule has 3 aromatic carbocycles. The van der Waals surface area contributed by atoms with Crippen molar-refractivity contribution >= 4 is 17.8 Å². The lowest BCUT2D eigenvalue weighted by Crippen LogP contribution is -2.50. The molecule has 0 unspecified atom stereocenters. The Hall–Kier alpha value is -3.97. The highest BCUT2D eigenvalue weighted by atomic mass is 16.2. The van der Waals surface area contributed by atoms with Crippen molar-refractivity contribution < 1.29 is 9.59 Å². The van der Waals surface area contributed by atoms with Gasteiger partial charge in [-0.1, -0.05) is 91.0 Å². The molecule has 0 aromatic heterocycles. The van der Waals surface area contributed by atoms with Gasteiger partial charge < -0.3 is 16.4 Å². The molecule has 190 valence electrons. The molecule has 7 nitrogen and oxygen atoms in total. The Labute approximate surface area is 217 Å². The minimum atomic E-state index is -1.19. The van der Waals surface area contributed by atoms with Gasteiger partial charge in [0.1, 0.15) is 0 Å². The Kier molecular flexibility index (Phi) is 7.06. The van der Waals surface area contributed by atoms with Crippen molar-refractivity contribution in [1.29, 1.82) is 0 Å². The van der Waals surface area contributed by atoms with Crippen molar-refractivity contribution in [3.63, 3.8) is 0 Å². The first-order valence-corrected chi connectivity index (χ1v) is 12.9. The summed E-state index contributed by atoms with van der Waals surface area (Å²) in [6.07, 6.45) is 2.09. The number of benzene rings is 3. The first-order chi connectivity index (χ1) is 18.0. The van der Waals surface area contributed by atoms with Gasteiger partial charge >= 0.3 is 0 Å². The van der Waals surface area contributed by atoms with Crippen LogP contribution in [0.2, 0.25) is 0 Å². The number of carbonyl (C=O) groups excluding carboxylic acids is 2. The van der Waals surface area contributed by atoms with Crippen molar-refractivity contribution in [3.8, 4) is 0 Å². The second kappa shape index (κ2) is 10.6. The van der Waals surface area contributed by atoms with Gasteiger partial charge in [0.15, 0.2) is 11.5 Å². The summed E-state index contributed by atoms with van der Waals surface area (Å²) in [6.45, 7) is 1.72. The molecule has 2 aliphatic rings. The third-order valence-electron chi connectivity index (χ3n) is 7.48. The van der Waals surface area contributed by atoms with E-state index in [2.05, 4.69) is 0 Å². The number of aliphatic imine (C=N–C) groups is 1. The number of hydrogen-bond donors (Lipinski definition) is 2. The van der Waals surface area contributed by atoms with Crippen LogP contribution in [0.3, 0.4) is 0 Å². The van der Waals surface area contributed by atoms with Gasteiger partial charge in [-0.25, -0.2) is 4.99 Å². The second-order valence-electron chi connectivity index (χ2n) is 9.89. The SMILES string of the molecule is NC1=NC(c2ccccc2)(c2ccccc2)C(=O)N1CC1CCN(C(=O)[C@@H](N)Cc2ccccc2)CC1. The predicted molar refractivity (Wildman–Crippen MR) is 144 cm³/mol. The highest BCUT2D eigenvalue weighted by Gasteiger charge is 2.50. The minimum absolute atomic E-state index is 0.0206. The van der Waals surface area contributed by atoms with E-state index < -0.39 is 11.6 Å². The molecule has 1 fully saturated rings. The summed E-state index contributed by atoms with van der Waals surface area (Å²) in [5.41, 5.74) is 14.1. The summed E-state index contributed by atoms with van der Waals surface area (Å²) in [5.74, 6) is 0.300. The largest absolute Gasteiger partial charge is 0.369 e. The second-order valence-corrected chi connectivity index (χ2v) is 9.89. The molecule has 5 rings (SSSR count). The van der Waals surface area contributed by atoms with Crippen LogP contribution in [-0.4, -0.2) is 53.2 Å². The number of guanidine groups is 1. The standard InChI is InChI=1S/C30H33N5O2/c31-26(20-22-10-4-1-5-11-22)27(36)34-18-16-23(17-19-34)21-35-28(37)30(33-29(35)32,24-12-6-2-7-13-24)25-14-8-3-9-15-25/h1-15,23,26H,16-21,31H2,(H2,32,33)/t26-/m0/s1. The fourth-order valence-electron chi connectivity index (χ4n) is 5.44. The summed E-state index contributed by atoms with van der Waals surface area (Å²) >= 11 is 0. The van der Waals surface area contributed by atoms with Crippen LogP contribution in [0.15, 0.2) is 96.0 Å². The Balaban J connectivity index is 1.26. The summed E-state index contributed by atoms with van der Waals surface area (Å²) in [7, 11) is 0. The van der Waals surface area contributed by atoms with Gasteiger partial charge in [-0.3, -0.25) is 14.5 Å². The molecule has 0 bridgehead atoms. The molecule has 1 saturated heterocycles. The van der Waals surface area contributed by atoms with Gasteiger partial charge in [-0.05, 0) is 41.9 Å². The lowest BCUT2D eigenvalue weighted by atomic mass is 9.82. The average Bonchev–Trinajstić information content (AvgIpc) is 3.20. The highest BCUT2D eigenvalue weighted by Crippen LogP contribution is 2.40. The number of amides is 2. The van der Waals surface area contributed by atoms with Crippen LogP contribution in [0.5, 0.6) is 0 Å². The molecule has 0 saturated carbocycles. The van der Waals surface area contributed by atoms with E-state index in [4.69, 9.17) is 16.5 Å². The third kappa shape index (κ3) is 4.87. The molecular weight excluding hydrogens is 462 g/mol. The van der Waals surface area contributed by atoms with Gasteiger partial charge in [-0.2, -0.15) is 0 Å². The predicted octanol–water partition coefficient (Wildman–Crippen LogP) is 2.90. The van der Waals surface area contributed by atoms with Crippen molar-refractivity contribution in [2.45, 2.75) is 30.8 Å². The number of piperidine rings is 1. The van der Waals surface area contributed by atoms with Crippen LogP contribution in [0.4, 0.5) is 0 Å². The van der Waals surface area contributed by atoms with Crippen LogP contribution in [0.1, 0.15) is 29.5 Å². The maximum absolute atomic E-state index is 14.0. The van der Waals surface area contributed by atoms with Gasteiger partial charge in [-0.15, -0.1) is 0 Å². The molecule has 2 aliphatic heterocycles. The fraction of sp³-hybridized carbons (Fsp3) is 0.300. The van der Waals surface area contributed by atoms with Crippen molar-refractivity contribution in [2.24, 2.45) is 22.4 Å². The summed E-state index contributed by atoms with van der Waals surface area (Å²) < 4.78 is 0. The number of carbonyl (C=O) groups is 2. The monoisotopic (exact) mass is 495 g/mol. The zero-order chi connectivity index (χ0) is 25.8. The van der Waals surface area contributed by atoms with E-state index in [1.807, 2.05) is 95.9 Å². The lowest BCUT2D eigenvalue weighted by molar-refractivity contribution is -0.135. The summed E-state index contributed by atoms with van der Waals surface area (Å²) in [5, 5.41) is 0. The molecule has 0 aliphatic carbocycles. The number of hydrogen-bond acceptors (Lipinski definition) is 5.